The largest absolute Gasteiger partial charge is 0.307 e. The molecular weight excluding hydrogens is 715 g/mol. The van der Waals surface area contributed by atoms with Crippen LogP contribution in [-0.2, 0) is 0 Å². The molecule has 0 aliphatic rings. The minimum atomic E-state index is -1.90. The first kappa shape index (κ1) is 33.1. The molecule has 0 aliphatic heterocycles. The molecule has 3 heterocycles. The van der Waals surface area contributed by atoms with Gasteiger partial charge < -0.3 is 4.57 Å². The fourth-order valence-corrected chi connectivity index (χ4v) is 12.5. The Morgan fingerprint density at radius 1 is 0.368 bits per heavy atom. The van der Waals surface area contributed by atoms with Crippen LogP contribution >= 0.6 is 10.0 Å². The van der Waals surface area contributed by atoms with Crippen molar-refractivity contribution in [3.63, 3.8) is 0 Å². The smallest absolute Gasteiger partial charge is 0.238 e. The highest BCUT2D eigenvalue weighted by Crippen LogP contribution is 2.73. The predicted octanol–water partition coefficient (Wildman–Crippen LogP) is 13.1. The molecule has 0 bridgehead atoms. The van der Waals surface area contributed by atoms with E-state index in [0.29, 0.717) is 11.8 Å². The van der Waals surface area contributed by atoms with Gasteiger partial charge in [-0.1, -0.05) is 133 Å². The van der Waals surface area contributed by atoms with Crippen molar-refractivity contribution in [1.82, 2.24) is 24.1 Å². The van der Waals surface area contributed by atoms with Crippen LogP contribution in [0.2, 0.25) is 0 Å². The molecule has 0 N–H and O–H groups in total. The summed E-state index contributed by atoms with van der Waals surface area (Å²) in [6, 6.07) is 73.9. The molecule has 5 nitrogen and oxygen atoms in total. The van der Waals surface area contributed by atoms with Crippen LogP contribution < -0.4 is 0 Å². The summed E-state index contributed by atoms with van der Waals surface area (Å²) in [4.78, 5) is 20.1. The third-order valence-electron chi connectivity index (χ3n) is 11.0. The van der Waals surface area contributed by atoms with Crippen molar-refractivity contribution in [3.8, 4) is 23.0 Å². The zero-order valence-corrected chi connectivity index (χ0v) is 31.7. The number of hydrogen-bond donors (Lipinski definition) is 0. The van der Waals surface area contributed by atoms with Gasteiger partial charge in [0.2, 0.25) is 5.95 Å². The molecule has 0 radical (unpaired) electrons. The van der Waals surface area contributed by atoms with Gasteiger partial charge in [-0.05, 0) is 72.8 Å². The lowest BCUT2D eigenvalue weighted by atomic mass is 10.1. The first-order valence-electron chi connectivity index (χ1n) is 19.1. The van der Waals surface area contributed by atoms with Gasteiger partial charge in [0.05, 0.1) is 22.1 Å². The molecule has 6 heteroatoms. The van der Waals surface area contributed by atoms with Crippen LogP contribution in [0.5, 0.6) is 0 Å². The van der Waals surface area contributed by atoms with E-state index >= 15 is 0 Å². The van der Waals surface area contributed by atoms with Gasteiger partial charge in [0.25, 0.3) is 0 Å². The van der Waals surface area contributed by atoms with E-state index in [-0.39, 0.29) is 0 Å². The van der Waals surface area contributed by atoms with E-state index in [2.05, 4.69) is 215 Å². The third kappa shape index (κ3) is 5.15. The molecule has 0 aliphatic carbocycles. The standard InChI is InChI=1S/C51H35N5S/c1-5-19-37(20-6-1)55-46-30-15-13-28-42(46)44-32-33-45-43-29-14-16-31-47(43)56(49(45)48(44)55)51-53-35-52-50(54-51)36-18-17-27-41(34-36)57(38-21-7-2-8-22-38,39-23-9-3-10-24-39)40-25-11-4-12-26-40/h1-35H. The topological polar surface area (TPSA) is 48.5 Å². The number of aromatic nitrogens is 5. The summed E-state index contributed by atoms with van der Waals surface area (Å²) < 4.78 is 4.61. The molecule has 0 unspecified atom stereocenters. The summed E-state index contributed by atoms with van der Waals surface area (Å²) in [6.07, 6.45) is 1.66. The molecular formula is C51H35N5S. The van der Waals surface area contributed by atoms with Gasteiger partial charge >= 0.3 is 0 Å². The average molecular weight is 750 g/mol. The molecule has 0 saturated carbocycles. The van der Waals surface area contributed by atoms with E-state index in [1.165, 1.54) is 30.4 Å². The minimum Gasteiger partial charge on any atom is -0.307 e. The Balaban J connectivity index is 1.17. The van der Waals surface area contributed by atoms with E-state index < -0.39 is 10.0 Å². The van der Waals surface area contributed by atoms with Gasteiger partial charge in [0, 0.05) is 52.4 Å². The molecule has 3 aromatic heterocycles. The lowest BCUT2D eigenvalue weighted by molar-refractivity contribution is 0.946. The Hall–Kier alpha value is -7.28. The van der Waals surface area contributed by atoms with Gasteiger partial charge in [-0.3, -0.25) is 4.57 Å². The molecule has 0 saturated heterocycles. The fraction of sp³-hybridized carbons (Fsp3) is 0. The van der Waals surface area contributed by atoms with E-state index in [0.717, 1.165) is 44.1 Å². The highest BCUT2D eigenvalue weighted by molar-refractivity contribution is 8.34. The molecule has 0 fully saturated rings. The van der Waals surface area contributed by atoms with Crippen LogP contribution in [0.4, 0.5) is 0 Å². The molecule has 0 amide bonds. The van der Waals surface area contributed by atoms with Crippen LogP contribution in [-0.4, -0.2) is 24.1 Å². The fourth-order valence-electron chi connectivity index (χ4n) is 8.60. The van der Waals surface area contributed by atoms with E-state index in [4.69, 9.17) is 15.0 Å². The van der Waals surface area contributed by atoms with Crippen LogP contribution in [0.25, 0.3) is 66.6 Å². The quantitative estimate of drug-likeness (QED) is 0.163. The lowest BCUT2D eigenvalue weighted by Gasteiger charge is -2.42. The molecule has 0 spiro atoms. The molecule has 270 valence electrons. The third-order valence-corrected chi connectivity index (χ3v) is 14.9. The van der Waals surface area contributed by atoms with Gasteiger partial charge in [-0.25, -0.2) is 9.97 Å². The zero-order chi connectivity index (χ0) is 37.8. The summed E-state index contributed by atoms with van der Waals surface area (Å²) >= 11 is 0. The molecule has 11 rings (SSSR count). The summed E-state index contributed by atoms with van der Waals surface area (Å²) in [5, 5.41) is 4.66. The molecule has 57 heavy (non-hydrogen) atoms. The number of rotatable bonds is 7. The predicted molar refractivity (Wildman–Crippen MR) is 234 cm³/mol. The highest BCUT2D eigenvalue weighted by Gasteiger charge is 2.33. The van der Waals surface area contributed by atoms with Crippen molar-refractivity contribution in [3.05, 3.63) is 213 Å². The Labute approximate surface area is 331 Å². The Bertz CT molecular complexity index is 3130. The minimum absolute atomic E-state index is 0.571. The Morgan fingerprint density at radius 3 is 1.42 bits per heavy atom. The van der Waals surface area contributed by atoms with Crippen LogP contribution in [0, 0.1) is 0 Å². The highest BCUT2D eigenvalue weighted by atomic mass is 32.3. The van der Waals surface area contributed by atoms with Crippen molar-refractivity contribution < 1.29 is 0 Å². The maximum Gasteiger partial charge on any atom is 0.238 e. The Kier molecular flexibility index (Phi) is 7.83. The first-order valence-corrected chi connectivity index (χ1v) is 20.7. The number of para-hydroxylation sites is 3. The van der Waals surface area contributed by atoms with Crippen molar-refractivity contribution >= 4 is 53.6 Å². The van der Waals surface area contributed by atoms with Gasteiger partial charge in [0.15, 0.2) is 5.82 Å². The van der Waals surface area contributed by atoms with Crippen molar-refractivity contribution in [2.45, 2.75) is 19.6 Å². The van der Waals surface area contributed by atoms with E-state index in [1.54, 1.807) is 6.33 Å². The number of benzene rings is 8. The van der Waals surface area contributed by atoms with Crippen molar-refractivity contribution in [2.75, 3.05) is 0 Å². The Morgan fingerprint density at radius 2 is 0.842 bits per heavy atom. The van der Waals surface area contributed by atoms with Crippen LogP contribution in [0.15, 0.2) is 232 Å². The lowest BCUT2D eigenvalue weighted by Crippen LogP contribution is -2.06. The maximum atomic E-state index is 5.33. The zero-order valence-electron chi connectivity index (χ0n) is 30.9. The van der Waals surface area contributed by atoms with Crippen LogP contribution in [0.3, 0.4) is 0 Å². The molecule has 11 aromatic rings. The summed E-state index contributed by atoms with van der Waals surface area (Å²) in [7, 11) is -1.90. The van der Waals surface area contributed by atoms with Crippen molar-refractivity contribution in [1.29, 1.82) is 0 Å². The number of fused-ring (bicyclic) bond motifs is 7. The second kappa shape index (κ2) is 13.5. The maximum absolute atomic E-state index is 5.33. The van der Waals surface area contributed by atoms with Crippen LogP contribution in [0.1, 0.15) is 0 Å². The van der Waals surface area contributed by atoms with Crippen molar-refractivity contribution in [2.24, 2.45) is 0 Å². The SMILES string of the molecule is c1ccc(-n2c3ccccc3c3ccc4c5ccccc5n(-c5ncnc(-c6cccc(S(c7ccccc7)(c7ccccc7)c7ccccc7)c6)n5)c4c32)cc1. The summed E-state index contributed by atoms with van der Waals surface area (Å²) in [6.45, 7) is 0. The van der Waals surface area contributed by atoms with Gasteiger partial charge in [0.1, 0.15) is 6.33 Å². The average Bonchev–Trinajstić information content (AvgIpc) is 3.82. The first-order chi connectivity index (χ1) is 28.3. The number of nitrogens with zero attached hydrogens (tertiary/aromatic N) is 5. The molecule has 0 atom stereocenters. The molecule has 8 aromatic carbocycles. The summed E-state index contributed by atoms with van der Waals surface area (Å²) in [5.74, 6) is 1.19. The van der Waals surface area contributed by atoms with Gasteiger partial charge in [-0.15, -0.1) is 10.0 Å². The van der Waals surface area contributed by atoms with E-state index in [9.17, 15) is 0 Å². The number of hydrogen-bond acceptors (Lipinski definition) is 3. The monoisotopic (exact) mass is 749 g/mol. The second-order valence-electron chi connectivity index (χ2n) is 14.1. The van der Waals surface area contributed by atoms with Gasteiger partial charge in [-0.2, -0.15) is 4.98 Å². The normalized spacial score (nSPS) is 12.1. The second-order valence-corrected chi connectivity index (χ2v) is 17.2. The van der Waals surface area contributed by atoms with E-state index in [1.807, 2.05) is 0 Å². The summed E-state index contributed by atoms with van der Waals surface area (Å²) in [5.41, 5.74) is 6.39.